The van der Waals surface area contributed by atoms with E-state index in [1.54, 1.807) is 6.26 Å². The van der Waals surface area contributed by atoms with Gasteiger partial charge < -0.3 is 20.0 Å². The second-order valence-corrected chi connectivity index (χ2v) is 6.87. The first kappa shape index (κ1) is 19.6. The van der Waals surface area contributed by atoms with Gasteiger partial charge in [-0.25, -0.2) is 0 Å². The summed E-state index contributed by atoms with van der Waals surface area (Å²) >= 11 is 0. The molecule has 1 aliphatic carbocycles. The molecule has 1 aromatic rings. The Kier molecular flexibility index (Phi) is 8.38. The number of nitrogens with zero attached hydrogens (tertiary/aromatic N) is 2. The number of hydrogen-bond donors (Lipinski definition) is 2. The summed E-state index contributed by atoms with van der Waals surface area (Å²) in [6.07, 6.45) is 9.56. The van der Waals surface area contributed by atoms with E-state index in [4.69, 9.17) is 4.42 Å². The highest BCUT2D eigenvalue weighted by Crippen LogP contribution is 2.26. The third-order valence-corrected chi connectivity index (χ3v) is 5.07. The lowest BCUT2D eigenvalue weighted by atomic mass is 10.1. The van der Waals surface area contributed by atoms with E-state index in [1.165, 1.54) is 45.2 Å². The third-order valence-electron chi connectivity index (χ3n) is 5.07. The Balaban J connectivity index is 0.00000208. The van der Waals surface area contributed by atoms with Gasteiger partial charge in [0.05, 0.1) is 6.26 Å². The van der Waals surface area contributed by atoms with Crippen LogP contribution in [0.5, 0.6) is 0 Å². The zero-order valence-electron chi connectivity index (χ0n) is 14.7. The maximum Gasteiger partial charge on any atom is 0.191 e. The molecule has 3 rings (SSSR count). The summed E-state index contributed by atoms with van der Waals surface area (Å²) in [4.78, 5) is 6.97. The van der Waals surface area contributed by atoms with E-state index in [0.717, 1.165) is 37.1 Å². The van der Waals surface area contributed by atoms with Crippen molar-refractivity contribution in [2.24, 2.45) is 10.9 Å². The van der Waals surface area contributed by atoms with Crippen LogP contribution in [0, 0.1) is 5.92 Å². The number of hydrogen-bond acceptors (Lipinski definition) is 3. The van der Waals surface area contributed by atoms with Gasteiger partial charge in [-0.15, -0.1) is 24.0 Å². The molecule has 2 N–H and O–H groups in total. The van der Waals surface area contributed by atoms with Crippen LogP contribution in [0.2, 0.25) is 0 Å². The number of likely N-dealkylation sites (tertiary alicyclic amines) is 1. The zero-order valence-corrected chi connectivity index (χ0v) is 17.0. The highest BCUT2D eigenvalue weighted by Gasteiger charge is 2.26. The Morgan fingerprint density at radius 1 is 1.33 bits per heavy atom. The van der Waals surface area contributed by atoms with Crippen molar-refractivity contribution in [3.63, 3.8) is 0 Å². The fourth-order valence-electron chi connectivity index (χ4n) is 3.82. The van der Waals surface area contributed by atoms with Gasteiger partial charge in [-0.05, 0) is 37.3 Å². The van der Waals surface area contributed by atoms with Crippen molar-refractivity contribution < 1.29 is 4.42 Å². The van der Waals surface area contributed by atoms with E-state index in [9.17, 15) is 0 Å². The molecule has 1 saturated heterocycles. The third kappa shape index (κ3) is 5.95. The van der Waals surface area contributed by atoms with Crippen molar-refractivity contribution >= 4 is 29.9 Å². The van der Waals surface area contributed by atoms with Crippen LogP contribution in [0.15, 0.2) is 27.8 Å². The molecule has 1 aliphatic heterocycles. The predicted molar refractivity (Wildman–Crippen MR) is 109 cm³/mol. The molecule has 0 amide bonds. The molecule has 0 bridgehead atoms. The minimum atomic E-state index is 0. The summed E-state index contributed by atoms with van der Waals surface area (Å²) in [5.74, 6) is 2.86. The van der Waals surface area contributed by atoms with Gasteiger partial charge in [-0.2, -0.15) is 0 Å². The first-order valence-electron chi connectivity index (χ1n) is 9.05. The summed E-state index contributed by atoms with van der Waals surface area (Å²) < 4.78 is 5.35. The molecular weight excluding hydrogens is 415 g/mol. The van der Waals surface area contributed by atoms with Gasteiger partial charge in [-0.3, -0.25) is 4.99 Å². The maximum absolute atomic E-state index is 5.35. The predicted octanol–water partition coefficient (Wildman–Crippen LogP) is 2.87. The van der Waals surface area contributed by atoms with E-state index < -0.39 is 0 Å². The molecule has 1 aromatic heterocycles. The molecule has 0 spiro atoms. The van der Waals surface area contributed by atoms with Crippen LogP contribution in [-0.4, -0.2) is 50.1 Å². The van der Waals surface area contributed by atoms with Gasteiger partial charge in [0.15, 0.2) is 5.96 Å². The molecule has 1 atom stereocenters. The average molecular weight is 446 g/mol. The molecule has 136 valence electrons. The lowest BCUT2D eigenvalue weighted by Gasteiger charge is -2.21. The number of furan rings is 1. The van der Waals surface area contributed by atoms with Crippen LogP contribution in [-0.2, 0) is 6.42 Å². The molecule has 1 saturated carbocycles. The van der Waals surface area contributed by atoms with Gasteiger partial charge >= 0.3 is 0 Å². The lowest BCUT2D eigenvalue weighted by Crippen LogP contribution is -2.45. The van der Waals surface area contributed by atoms with Crippen molar-refractivity contribution in [3.8, 4) is 0 Å². The molecule has 2 heterocycles. The summed E-state index contributed by atoms with van der Waals surface area (Å²) in [5, 5.41) is 6.95. The van der Waals surface area contributed by atoms with Gasteiger partial charge in [0.25, 0.3) is 0 Å². The Morgan fingerprint density at radius 2 is 2.17 bits per heavy atom. The van der Waals surface area contributed by atoms with Gasteiger partial charge in [0.1, 0.15) is 5.76 Å². The van der Waals surface area contributed by atoms with Crippen LogP contribution < -0.4 is 10.6 Å². The highest BCUT2D eigenvalue weighted by molar-refractivity contribution is 14.0. The van der Waals surface area contributed by atoms with Gasteiger partial charge in [-0.1, -0.05) is 12.8 Å². The molecule has 1 unspecified atom stereocenters. The number of aliphatic imine (C=N–C) groups is 1. The van der Waals surface area contributed by atoms with Gasteiger partial charge in [0, 0.05) is 45.7 Å². The fourth-order valence-corrected chi connectivity index (χ4v) is 3.82. The molecule has 2 aliphatic rings. The number of guanidine groups is 1. The largest absolute Gasteiger partial charge is 0.469 e. The number of nitrogens with one attached hydrogen (secondary N) is 2. The first-order chi connectivity index (χ1) is 11.3. The van der Waals surface area contributed by atoms with Crippen LogP contribution in [0.3, 0.4) is 0 Å². The minimum Gasteiger partial charge on any atom is -0.469 e. The summed E-state index contributed by atoms with van der Waals surface area (Å²) in [5.41, 5.74) is 0. The SMILES string of the molecule is CN=C(NCCc1ccco1)NC1CCN(CC2CCCC2)C1.I. The van der Waals surface area contributed by atoms with Crippen molar-refractivity contribution in [3.05, 3.63) is 24.2 Å². The quantitative estimate of drug-likeness (QED) is 0.401. The van der Waals surface area contributed by atoms with E-state index in [1.807, 2.05) is 19.2 Å². The van der Waals surface area contributed by atoms with E-state index in [0.29, 0.717) is 6.04 Å². The summed E-state index contributed by atoms with van der Waals surface area (Å²) in [6, 6.07) is 4.46. The lowest BCUT2D eigenvalue weighted by molar-refractivity contribution is 0.275. The molecule has 6 heteroatoms. The molecule has 5 nitrogen and oxygen atoms in total. The molecular formula is C18H31IN4O. The monoisotopic (exact) mass is 446 g/mol. The van der Waals surface area contributed by atoms with Crippen LogP contribution in [0.1, 0.15) is 37.9 Å². The van der Waals surface area contributed by atoms with E-state index in [2.05, 4.69) is 20.5 Å². The van der Waals surface area contributed by atoms with Crippen molar-refractivity contribution in [1.29, 1.82) is 0 Å². The van der Waals surface area contributed by atoms with Crippen molar-refractivity contribution in [2.45, 2.75) is 44.6 Å². The van der Waals surface area contributed by atoms with Crippen LogP contribution in [0.4, 0.5) is 0 Å². The Morgan fingerprint density at radius 3 is 2.88 bits per heavy atom. The second kappa shape index (κ2) is 10.3. The summed E-state index contributed by atoms with van der Waals surface area (Å²) in [6.45, 7) is 4.50. The van der Waals surface area contributed by atoms with Crippen molar-refractivity contribution in [2.75, 3.05) is 33.2 Å². The van der Waals surface area contributed by atoms with Crippen LogP contribution in [0.25, 0.3) is 0 Å². The molecule has 2 fully saturated rings. The molecule has 24 heavy (non-hydrogen) atoms. The number of rotatable bonds is 6. The zero-order chi connectivity index (χ0) is 15.9. The maximum atomic E-state index is 5.35. The minimum absolute atomic E-state index is 0. The van der Waals surface area contributed by atoms with Gasteiger partial charge in [0.2, 0.25) is 0 Å². The van der Waals surface area contributed by atoms with Crippen LogP contribution >= 0.6 is 24.0 Å². The van der Waals surface area contributed by atoms with Crippen molar-refractivity contribution in [1.82, 2.24) is 15.5 Å². The average Bonchev–Trinajstić information content (AvgIpc) is 3.30. The standard InChI is InChI=1S/C18H30N4O.HI/c1-19-18(20-10-8-17-7-4-12-23-17)21-16-9-11-22(14-16)13-15-5-2-3-6-15;/h4,7,12,15-16H,2-3,5-6,8-11,13-14H2,1H3,(H2,19,20,21);1H. The topological polar surface area (TPSA) is 52.8 Å². The second-order valence-electron chi connectivity index (χ2n) is 6.87. The smallest absolute Gasteiger partial charge is 0.191 e. The number of halogens is 1. The fraction of sp³-hybridized carbons (Fsp3) is 0.722. The summed E-state index contributed by atoms with van der Waals surface area (Å²) in [7, 11) is 1.84. The molecule has 0 radical (unpaired) electrons. The Hall–Kier alpha value is -0.760. The molecule has 0 aromatic carbocycles. The normalized spacial score (nSPS) is 22.5. The Bertz CT molecular complexity index is 485. The highest BCUT2D eigenvalue weighted by atomic mass is 127. The van der Waals surface area contributed by atoms with E-state index in [-0.39, 0.29) is 24.0 Å². The Labute approximate surface area is 162 Å². The van der Waals surface area contributed by atoms with E-state index >= 15 is 0 Å². The first-order valence-corrected chi connectivity index (χ1v) is 9.05.